The third kappa shape index (κ3) is 4.04. The first kappa shape index (κ1) is 13.9. The second kappa shape index (κ2) is 6.58. The van der Waals surface area contributed by atoms with Crippen LogP contribution in [0.2, 0.25) is 5.02 Å². The largest absolute Gasteiger partial charge is 0.315 e. The number of benzene rings is 1. The smallest absolute Gasteiger partial charge is 0.146 e. The molecule has 0 aliphatic rings. The van der Waals surface area contributed by atoms with E-state index < -0.39 is 0 Å². The molecule has 0 aliphatic heterocycles. The lowest BCUT2D eigenvalue weighted by atomic mass is 10.1. The molecular weight excluding hydrogens is 292 g/mol. The number of nitrogens with one attached hydrogen (secondary N) is 1. The molecule has 0 bridgehead atoms. The molecule has 0 unspecified atom stereocenters. The fourth-order valence-electron chi connectivity index (χ4n) is 1.43. The van der Waals surface area contributed by atoms with Crippen molar-refractivity contribution in [2.24, 2.45) is 0 Å². The van der Waals surface area contributed by atoms with E-state index in [4.69, 9.17) is 11.6 Å². The average Bonchev–Trinajstić information content (AvgIpc) is 2.23. The maximum Gasteiger partial charge on any atom is 0.146 e. The minimum atomic E-state index is -0.305. The normalized spacial score (nSPS) is 11.1. The highest BCUT2D eigenvalue weighted by molar-refractivity contribution is 9.10. The van der Waals surface area contributed by atoms with Crippen molar-refractivity contribution in [3.8, 4) is 0 Å². The van der Waals surface area contributed by atoms with Gasteiger partial charge in [-0.15, -0.1) is 0 Å². The highest BCUT2D eigenvalue weighted by Gasteiger charge is 2.09. The summed E-state index contributed by atoms with van der Waals surface area (Å²) < 4.78 is 14.3. The van der Waals surface area contributed by atoms with E-state index in [9.17, 15) is 4.39 Å². The van der Waals surface area contributed by atoms with Crippen LogP contribution in [-0.4, -0.2) is 12.6 Å². The topological polar surface area (TPSA) is 12.0 Å². The molecule has 0 heterocycles. The van der Waals surface area contributed by atoms with Gasteiger partial charge in [-0.2, -0.15) is 0 Å². The zero-order valence-corrected chi connectivity index (χ0v) is 11.8. The Labute approximate surface area is 110 Å². The summed E-state index contributed by atoms with van der Waals surface area (Å²) in [7, 11) is 0. The van der Waals surface area contributed by atoms with Gasteiger partial charge in [0.15, 0.2) is 0 Å². The molecule has 1 nitrogen and oxygen atoms in total. The second-order valence-corrected chi connectivity index (χ2v) is 5.28. The number of rotatable bonds is 5. The van der Waals surface area contributed by atoms with Crippen LogP contribution in [-0.2, 0) is 6.42 Å². The van der Waals surface area contributed by atoms with Gasteiger partial charge in [0, 0.05) is 10.5 Å². The first-order chi connectivity index (χ1) is 7.52. The van der Waals surface area contributed by atoms with Crippen LogP contribution in [0.5, 0.6) is 0 Å². The van der Waals surface area contributed by atoms with Gasteiger partial charge in [-0.1, -0.05) is 31.5 Å². The van der Waals surface area contributed by atoms with E-state index in [0.717, 1.165) is 13.0 Å². The average molecular weight is 309 g/mol. The number of hydrogen-bond donors (Lipinski definition) is 1. The standard InChI is InChI=1S/C12H16BrClFN/c1-8(2)16-7-3-4-9-5-6-10(13)11(14)12(9)15/h5-6,8,16H,3-4,7H2,1-2H3. The van der Waals surface area contributed by atoms with Crippen LogP contribution in [0.4, 0.5) is 4.39 Å². The Morgan fingerprint density at radius 3 is 2.75 bits per heavy atom. The summed E-state index contributed by atoms with van der Waals surface area (Å²) in [5, 5.41) is 3.47. The van der Waals surface area contributed by atoms with E-state index in [2.05, 4.69) is 35.1 Å². The summed E-state index contributed by atoms with van der Waals surface area (Å²) >= 11 is 9.01. The lowest BCUT2D eigenvalue weighted by Gasteiger charge is -2.09. The van der Waals surface area contributed by atoms with E-state index in [0.29, 0.717) is 22.5 Å². The monoisotopic (exact) mass is 307 g/mol. The number of hydrogen-bond acceptors (Lipinski definition) is 1. The molecule has 0 aliphatic carbocycles. The molecule has 1 rings (SSSR count). The molecule has 0 atom stereocenters. The summed E-state index contributed by atoms with van der Waals surface area (Å²) in [6.45, 7) is 5.08. The Hall–Kier alpha value is -0.120. The van der Waals surface area contributed by atoms with Crippen LogP contribution in [0.3, 0.4) is 0 Å². The molecule has 1 N–H and O–H groups in total. The van der Waals surface area contributed by atoms with Crippen LogP contribution < -0.4 is 5.32 Å². The molecule has 0 saturated carbocycles. The third-order valence-corrected chi connectivity index (χ3v) is 3.55. The van der Waals surface area contributed by atoms with Gasteiger partial charge in [0.25, 0.3) is 0 Å². The van der Waals surface area contributed by atoms with Gasteiger partial charge in [0.05, 0.1) is 5.02 Å². The lowest BCUT2D eigenvalue weighted by molar-refractivity contribution is 0.558. The zero-order valence-electron chi connectivity index (χ0n) is 9.49. The molecule has 1 aromatic carbocycles. The van der Waals surface area contributed by atoms with Crippen molar-refractivity contribution in [3.05, 3.63) is 33.0 Å². The van der Waals surface area contributed by atoms with E-state index >= 15 is 0 Å². The molecule has 0 fully saturated rings. The van der Waals surface area contributed by atoms with Crippen molar-refractivity contribution in [1.82, 2.24) is 5.32 Å². The number of aryl methyl sites for hydroxylation is 1. The van der Waals surface area contributed by atoms with Crippen LogP contribution in [0.15, 0.2) is 16.6 Å². The fourth-order valence-corrected chi connectivity index (χ4v) is 1.92. The predicted octanol–water partition coefficient (Wildman–Crippen LogP) is 4.17. The maximum atomic E-state index is 13.7. The molecule has 4 heteroatoms. The minimum absolute atomic E-state index is 0.175. The van der Waals surface area contributed by atoms with Gasteiger partial charge in [0.2, 0.25) is 0 Å². The Morgan fingerprint density at radius 1 is 1.44 bits per heavy atom. The first-order valence-corrected chi connectivity index (χ1v) is 6.55. The van der Waals surface area contributed by atoms with E-state index in [-0.39, 0.29) is 10.8 Å². The highest BCUT2D eigenvalue weighted by atomic mass is 79.9. The Balaban J connectivity index is 2.52. The molecule has 90 valence electrons. The third-order valence-electron chi connectivity index (χ3n) is 2.29. The van der Waals surface area contributed by atoms with Crippen molar-refractivity contribution >= 4 is 27.5 Å². The molecule has 1 aromatic rings. The summed E-state index contributed by atoms with van der Waals surface area (Å²) in [6.07, 6.45) is 1.62. The quantitative estimate of drug-likeness (QED) is 0.636. The van der Waals surface area contributed by atoms with Gasteiger partial charge in [-0.05, 0) is 46.9 Å². The lowest BCUT2D eigenvalue weighted by Crippen LogP contribution is -2.24. The van der Waals surface area contributed by atoms with Gasteiger partial charge >= 0.3 is 0 Å². The Bertz CT molecular complexity index is 355. The molecule has 0 spiro atoms. The molecule has 0 aromatic heterocycles. The molecule has 16 heavy (non-hydrogen) atoms. The zero-order chi connectivity index (χ0) is 12.1. The van der Waals surface area contributed by atoms with Crippen LogP contribution >= 0.6 is 27.5 Å². The Kier molecular flexibility index (Phi) is 5.73. The number of halogens is 3. The van der Waals surface area contributed by atoms with E-state index in [1.54, 1.807) is 12.1 Å². The predicted molar refractivity (Wildman–Crippen MR) is 70.6 cm³/mol. The van der Waals surface area contributed by atoms with Crippen LogP contribution in [0.1, 0.15) is 25.8 Å². The second-order valence-electron chi connectivity index (χ2n) is 4.05. The van der Waals surface area contributed by atoms with Crippen molar-refractivity contribution < 1.29 is 4.39 Å². The first-order valence-electron chi connectivity index (χ1n) is 5.38. The summed E-state index contributed by atoms with van der Waals surface area (Å²) in [5.74, 6) is -0.305. The van der Waals surface area contributed by atoms with Crippen LogP contribution in [0, 0.1) is 5.82 Å². The molecule has 0 amide bonds. The molecular formula is C12H16BrClFN. The van der Waals surface area contributed by atoms with Crippen molar-refractivity contribution in [1.29, 1.82) is 0 Å². The van der Waals surface area contributed by atoms with Gasteiger partial charge in [-0.3, -0.25) is 0 Å². The van der Waals surface area contributed by atoms with Gasteiger partial charge < -0.3 is 5.32 Å². The van der Waals surface area contributed by atoms with Crippen LogP contribution in [0.25, 0.3) is 0 Å². The van der Waals surface area contributed by atoms with Gasteiger partial charge in [-0.25, -0.2) is 4.39 Å². The van der Waals surface area contributed by atoms with Crippen molar-refractivity contribution in [2.45, 2.75) is 32.7 Å². The highest BCUT2D eigenvalue weighted by Crippen LogP contribution is 2.27. The molecule has 0 saturated heterocycles. The molecule has 0 radical (unpaired) electrons. The summed E-state index contributed by atoms with van der Waals surface area (Å²) in [4.78, 5) is 0. The summed E-state index contributed by atoms with van der Waals surface area (Å²) in [6, 6.07) is 4.04. The van der Waals surface area contributed by atoms with E-state index in [1.807, 2.05) is 0 Å². The van der Waals surface area contributed by atoms with Gasteiger partial charge in [0.1, 0.15) is 5.82 Å². The maximum absolute atomic E-state index is 13.7. The van der Waals surface area contributed by atoms with Crippen molar-refractivity contribution in [2.75, 3.05) is 6.54 Å². The van der Waals surface area contributed by atoms with Crippen molar-refractivity contribution in [3.63, 3.8) is 0 Å². The minimum Gasteiger partial charge on any atom is -0.315 e. The summed E-state index contributed by atoms with van der Waals surface area (Å²) in [5.41, 5.74) is 0.679. The van der Waals surface area contributed by atoms with E-state index in [1.165, 1.54) is 0 Å². The SMILES string of the molecule is CC(C)NCCCc1ccc(Br)c(Cl)c1F. The fraction of sp³-hybridized carbons (Fsp3) is 0.500. The Morgan fingerprint density at radius 2 is 2.12 bits per heavy atom.